The quantitative estimate of drug-likeness (QED) is 0.484. The van der Waals surface area contributed by atoms with Crippen LogP contribution in [0.5, 0.6) is 0 Å². The standard InChI is InChI=1S/C23H19N5O3/c24-19-20(22(30)21(19)29)28-8-5-14-2-1-13(9-16(14)12-28)11-27-23(31)15-3-4-17-18(10-15)26-7-6-25-17/h1-4,6-7,9-10H,5,8,11-12,24H2,(H,27,31). The minimum atomic E-state index is -0.600. The number of hydrogen-bond acceptors (Lipinski definition) is 7. The lowest BCUT2D eigenvalue weighted by Crippen LogP contribution is -2.44. The van der Waals surface area contributed by atoms with Crippen molar-refractivity contribution in [3.05, 3.63) is 91.5 Å². The molecule has 0 unspecified atom stereocenters. The van der Waals surface area contributed by atoms with Crippen molar-refractivity contribution in [1.82, 2.24) is 15.3 Å². The van der Waals surface area contributed by atoms with E-state index in [9.17, 15) is 14.4 Å². The van der Waals surface area contributed by atoms with Gasteiger partial charge in [-0.3, -0.25) is 24.4 Å². The molecule has 0 bridgehead atoms. The number of carbonyl (C=O) groups is 1. The Bertz CT molecular complexity index is 1400. The molecule has 8 heteroatoms. The summed E-state index contributed by atoms with van der Waals surface area (Å²) in [5.74, 6) is -0.191. The summed E-state index contributed by atoms with van der Waals surface area (Å²) in [5.41, 5.74) is 10.1. The van der Waals surface area contributed by atoms with E-state index < -0.39 is 10.9 Å². The van der Waals surface area contributed by atoms with Gasteiger partial charge in [0.25, 0.3) is 16.8 Å². The van der Waals surface area contributed by atoms with Gasteiger partial charge in [0.15, 0.2) is 0 Å². The summed E-state index contributed by atoms with van der Waals surface area (Å²) >= 11 is 0. The van der Waals surface area contributed by atoms with E-state index in [0.29, 0.717) is 36.4 Å². The zero-order valence-electron chi connectivity index (χ0n) is 16.6. The fraction of sp³-hybridized carbons (Fsp3) is 0.174. The minimum absolute atomic E-state index is 0.0527. The number of nitrogen functional groups attached to an aromatic ring is 1. The maximum atomic E-state index is 12.6. The van der Waals surface area contributed by atoms with E-state index in [-0.39, 0.29) is 11.6 Å². The number of benzene rings is 2. The van der Waals surface area contributed by atoms with Crippen molar-refractivity contribution in [3.8, 4) is 0 Å². The smallest absolute Gasteiger partial charge is 0.253 e. The van der Waals surface area contributed by atoms with Gasteiger partial charge in [-0.2, -0.15) is 0 Å². The molecular weight excluding hydrogens is 394 g/mol. The molecule has 0 radical (unpaired) electrons. The lowest BCUT2D eigenvalue weighted by atomic mass is 9.96. The van der Waals surface area contributed by atoms with Gasteiger partial charge in [-0.15, -0.1) is 0 Å². The van der Waals surface area contributed by atoms with Crippen LogP contribution in [0.3, 0.4) is 0 Å². The van der Waals surface area contributed by atoms with Crippen LogP contribution in [-0.4, -0.2) is 22.4 Å². The number of nitrogens with one attached hydrogen (secondary N) is 1. The van der Waals surface area contributed by atoms with Crippen molar-refractivity contribution < 1.29 is 4.79 Å². The molecule has 3 N–H and O–H groups in total. The van der Waals surface area contributed by atoms with Gasteiger partial charge in [0.05, 0.1) is 11.0 Å². The first-order chi connectivity index (χ1) is 15.0. The van der Waals surface area contributed by atoms with Gasteiger partial charge < -0.3 is 16.0 Å². The first-order valence-corrected chi connectivity index (χ1v) is 9.94. The number of nitrogens with zero attached hydrogens (tertiary/aromatic N) is 3. The zero-order valence-corrected chi connectivity index (χ0v) is 16.6. The van der Waals surface area contributed by atoms with Crippen LogP contribution in [0.4, 0.5) is 11.4 Å². The minimum Gasteiger partial charge on any atom is -0.394 e. The van der Waals surface area contributed by atoms with Gasteiger partial charge in [-0.1, -0.05) is 18.2 Å². The Morgan fingerprint density at radius 1 is 1.00 bits per heavy atom. The Kier molecular flexibility index (Phi) is 4.47. The van der Waals surface area contributed by atoms with Crippen molar-refractivity contribution in [2.24, 2.45) is 0 Å². The molecule has 0 saturated heterocycles. The predicted octanol–water partition coefficient (Wildman–Crippen LogP) is 1.30. The average Bonchev–Trinajstić information content (AvgIpc) is 2.81. The summed E-state index contributed by atoms with van der Waals surface area (Å²) in [6.45, 7) is 1.52. The van der Waals surface area contributed by atoms with Gasteiger partial charge in [-0.25, -0.2) is 0 Å². The second-order valence-corrected chi connectivity index (χ2v) is 7.64. The Balaban J connectivity index is 1.30. The van der Waals surface area contributed by atoms with Crippen LogP contribution in [0, 0.1) is 0 Å². The van der Waals surface area contributed by atoms with Gasteiger partial charge in [0.1, 0.15) is 11.4 Å². The highest BCUT2D eigenvalue weighted by Crippen LogP contribution is 2.26. The van der Waals surface area contributed by atoms with Crippen LogP contribution in [0.1, 0.15) is 27.0 Å². The van der Waals surface area contributed by atoms with Crippen molar-refractivity contribution >= 4 is 28.3 Å². The molecule has 1 aliphatic heterocycles. The number of hydrogen-bond donors (Lipinski definition) is 2. The van der Waals surface area contributed by atoms with Crippen LogP contribution in [0.25, 0.3) is 11.0 Å². The molecule has 0 atom stereocenters. The summed E-state index contributed by atoms with van der Waals surface area (Å²) in [6.07, 6.45) is 3.97. The van der Waals surface area contributed by atoms with Gasteiger partial charge in [-0.05, 0) is 41.3 Å². The fourth-order valence-corrected chi connectivity index (χ4v) is 4.01. The number of carbonyl (C=O) groups excluding carboxylic acids is 1. The zero-order chi connectivity index (χ0) is 21.5. The lowest BCUT2D eigenvalue weighted by Gasteiger charge is -2.32. The highest BCUT2D eigenvalue weighted by atomic mass is 16.2. The highest BCUT2D eigenvalue weighted by molar-refractivity contribution is 5.97. The van der Waals surface area contributed by atoms with Gasteiger partial charge in [0, 0.05) is 37.6 Å². The third-order valence-corrected chi connectivity index (χ3v) is 5.70. The second-order valence-electron chi connectivity index (χ2n) is 7.64. The molecule has 154 valence electrons. The molecule has 5 rings (SSSR count). The predicted molar refractivity (Wildman–Crippen MR) is 118 cm³/mol. The number of nitrogens with two attached hydrogens (primary N) is 1. The molecule has 31 heavy (non-hydrogen) atoms. The largest absolute Gasteiger partial charge is 0.394 e. The Morgan fingerprint density at radius 3 is 2.61 bits per heavy atom. The monoisotopic (exact) mass is 413 g/mol. The molecule has 0 aliphatic carbocycles. The molecule has 4 aromatic rings. The summed E-state index contributed by atoms with van der Waals surface area (Å²) in [6, 6.07) is 11.3. The van der Waals surface area contributed by atoms with E-state index in [2.05, 4.69) is 15.3 Å². The first kappa shape index (κ1) is 18.9. The topological polar surface area (TPSA) is 118 Å². The molecule has 0 saturated carbocycles. The van der Waals surface area contributed by atoms with E-state index in [1.807, 2.05) is 23.1 Å². The molecule has 3 aromatic carbocycles. The molecule has 0 spiro atoms. The first-order valence-electron chi connectivity index (χ1n) is 9.94. The number of amides is 1. The fourth-order valence-electron chi connectivity index (χ4n) is 4.01. The summed E-state index contributed by atoms with van der Waals surface area (Å²) in [5, 5.41) is 2.93. The summed E-state index contributed by atoms with van der Waals surface area (Å²) in [4.78, 5) is 46.2. The van der Waals surface area contributed by atoms with Crippen LogP contribution >= 0.6 is 0 Å². The van der Waals surface area contributed by atoms with E-state index in [1.54, 1.807) is 30.6 Å². The summed E-state index contributed by atoms with van der Waals surface area (Å²) in [7, 11) is 0. The average molecular weight is 413 g/mol. The third kappa shape index (κ3) is 3.31. The van der Waals surface area contributed by atoms with Crippen molar-refractivity contribution in [2.45, 2.75) is 19.5 Å². The normalized spacial score (nSPS) is 13.4. The third-order valence-electron chi connectivity index (χ3n) is 5.70. The number of anilines is 2. The Labute approximate surface area is 177 Å². The SMILES string of the molecule is Nc1c(N2CCc3ccc(CNC(=O)c4ccc5nccnc5c4)cc3C2)c(=O)c1=O. The van der Waals surface area contributed by atoms with Crippen LogP contribution < -0.4 is 26.8 Å². The molecule has 1 aliphatic rings. The van der Waals surface area contributed by atoms with Crippen LogP contribution in [0.2, 0.25) is 0 Å². The van der Waals surface area contributed by atoms with Crippen molar-refractivity contribution in [2.75, 3.05) is 17.2 Å². The maximum absolute atomic E-state index is 12.6. The van der Waals surface area contributed by atoms with Gasteiger partial charge in [0.2, 0.25) is 0 Å². The van der Waals surface area contributed by atoms with E-state index in [4.69, 9.17) is 5.73 Å². The van der Waals surface area contributed by atoms with E-state index in [0.717, 1.165) is 23.1 Å². The van der Waals surface area contributed by atoms with E-state index in [1.165, 1.54) is 5.56 Å². The van der Waals surface area contributed by atoms with Crippen molar-refractivity contribution in [1.29, 1.82) is 0 Å². The van der Waals surface area contributed by atoms with Crippen molar-refractivity contribution in [3.63, 3.8) is 0 Å². The van der Waals surface area contributed by atoms with Gasteiger partial charge >= 0.3 is 0 Å². The summed E-state index contributed by atoms with van der Waals surface area (Å²) < 4.78 is 0. The molecule has 2 heterocycles. The van der Waals surface area contributed by atoms with E-state index >= 15 is 0 Å². The molecule has 8 nitrogen and oxygen atoms in total. The molecule has 1 aromatic heterocycles. The Hall–Kier alpha value is -4.07. The number of fused-ring (bicyclic) bond motifs is 2. The molecule has 1 amide bonds. The number of rotatable bonds is 4. The second kappa shape index (κ2) is 7.32. The maximum Gasteiger partial charge on any atom is 0.253 e. The highest BCUT2D eigenvalue weighted by Gasteiger charge is 2.26. The lowest BCUT2D eigenvalue weighted by molar-refractivity contribution is 0.0951. The van der Waals surface area contributed by atoms with Crippen LogP contribution in [-0.2, 0) is 19.5 Å². The molecular formula is C23H19N5O3. The van der Waals surface area contributed by atoms with Crippen LogP contribution in [0.15, 0.2) is 58.4 Å². The Morgan fingerprint density at radius 2 is 1.81 bits per heavy atom. The number of aromatic nitrogens is 2. The molecule has 0 fully saturated rings.